The van der Waals surface area contributed by atoms with Gasteiger partial charge in [-0.3, -0.25) is 9.10 Å². The summed E-state index contributed by atoms with van der Waals surface area (Å²) in [5, 5.41) is 2.85. The van der Waals surface area contributed by atoms with Gasteiger partial charge in [0.15, 0.2) is 0 Å². The van der Waals surface area contributed by atoms with E-state index in [0.717, 1.165) is 11.8 Å². The Labute approximate surface area is 148 Å². The zero-order chi connectivity index (χ0) is 18.6. The maximum Gasteiger partial charge on any atom is 0.251 e. The molecule has 0 atom stereocenters. The average Bonchev–Trinajstić information content (AvgIpc) is 2.58. The summed E-state index contributed by atoms with van der Waals surface area (Å²) in [7, 11) is -0.277. The van der Waals surface area contributed by atoms with E-state index >= 15 is 0 Å². The van der Waals surface area contributed by atoms with Crippen molar-refractivity contribution < 1.29 is 17.9 Å². The van der Waals surface area contributed by atoms with Gasteiger partial charge in [0, 0.05) is 24.7 Å². The van der Waals surface area contributed by atoms with Crippen molar-refractivity contribution in [2.24, 2.45) is 0 Å². The number of carbonyl (C=O) groups is 1. The third kappa shape index (κ3) is 4.51. The number of para-hydroxylation sites is 1. The van der Waals surface area contributed by atoms with Crippen molar-refractivity contribution in [3.63, 3.8) is 0 Å². The Hall–Kier alpha value is -2.54. The molecule has 0 aliphatic rings. The van der Waals surface area contributed by atoms with Crippen LogP contribution in [-0.4, -0.2) is 34.7 Å². The summed E-state index contributed by atoms with van der Waals surface area (Å²) in [6.07, 6.45) is 1.14. The molecule has 0 saturated carbocycles. The lowest BCUT2D eigenvalue weighted by atomic mass is 10.1. The van der Waals surface area contributed by atoms with Crippen molar-refractivity contribution in [3.8, 4) is 5.75 Å². The lowest BCUT2D eigenvalue weighted by molar-refractivity contribution is 0.0950. The second kappa shape index (κ2) is 7.57. The first-order chi connectivity index (χ1) is 11.7. The third-order valence-electron chi connectivity index (χ3n) is 3.93. The van der Waals surface area contributed by atoms with Crippen LogP contribution in [0.4, 0.5) is 5.69 Å². The minimum Gasteiger partial charge on any atom is -0.496 e. The Morgan fingerprint density at radius 1 is 1.20 bits per heavy atom. The molecule has 1 N–H and O–H groups in total. The fourth-order valence-electron chi connectivity index (χ4n) is 2.46. The van der Waals surface area contributed by atoms with Crippen LogP contribution in [0.3, 0.4) is 0 Å². The van der Waals surface area contributed by atoms with E-state index in [-0.39, 0.29) is 5.91 Å². The van der Waals surface area contributed by atoms with Gasteiger partial charge in [-0.15, -0.1) is 0 Å². The second-order valence-electron chi connectivity index (χ2n) is 5.73. The van der Waals surface area contributed by atoms with E-state index in [1.165, 1.54) is 11.4 Å². The number of sulfonamides is 1. The number of nitrogens with one attached hydrogen (secondary N) is 1. The summed E-state index contributed by atoms with van der Waals surface area (Å²) in [6, 6.07) is 12.4. The predicted molar refractivity (Wildman–Crippen MR) is 98.6 cm³/mol. The van der Waals surface area contributed by atoms with Crippen LogP contribution in [-0.2, 0) is 16.6 Å². The van der Waals surface area contributed by atoms with Gasteiger partial charge >= 0.3 is 0 Å². The molecule has 0 radical (unpaired) electrons. The van der Waals surface area contributed by atoms with E-state index in [9.17, 15) is 13.2 Å². The number of rotatable bonds is 6. The van der Waals surface area contributed by atoms with Gasteiger partial charge in [-0.25, -0.2) is 8.42 Å². The molecular formula is C18H22N2O4S. The number of anilines is 1. The molecule has 0 aromatic heterocycles. The van der Waals surface area contributed by atoms with Gasteiger partial charge in [-0.05, 0) is 36.8 Å². The number of benzene rings is 2. The molecule has 0 bridgehead atoms. The highest BCUT2D eigenvalue weighted by Gasteiger charge is 2.16. The molecule has 0 unspecified atom stereocenters. The van der Waals surface area contributed by atoms with Gasteiger partial charge in [0.1, 0.15) is 5.75 Å². The Balaban J connectivity index is 2.14. The maximum atomic E-state index is 12.4. The molecule has 6 nitrogen and oxygen atoms in total. The largest absolute Gasteiger partial charge is 0.496 e. The van der Waals surface area contributed by atoms with E-state index in [1.807, 2.05) is 24.3 Å². The molecular weight excluding hydrogens is 340 g/mol. The van der Waals surface area contributed by atoms with Crippen LogP contribution >= 0.6 is 0 Å². The van der Waals surface area contributed by atoms with Crippen molar-refractivity contribution in [1.29, 1.82) is 0 Å². The highest BCUT2D eigenvalue weighted by molar-refractivity contribution is 7.92. The monoisotopic (exact) mass is 362 g/mol. The number of hydrogen-bond acceptors (Lipinski definition) is 4. The molecule has 2 rings (SSSR count). The van der Waals surface area contributed by atoms with Crippen LogP contribution in [0.5, 0.6) is 5.75 Å². The van der Waals surface area contributed by atoms with Crippen molar-refractivity contribution >= 4 is 21.6 Å². The third-order valence-corrected chi connectivity index (χ3v) is 5.12. The van der Waals surface area contributed by atoms with Gasteiger partial charge in [-0.2, -0.15) is 0 Å². The first-order valence-corrected chi connectivity index (χ1v) is 9.53. The molecule has 2 aromatic rings. The minimum absolute atomic E-state index is 0.234. The zero-order valence-corrected chi connectivity index (χ0v) is 15.6. The van der Waals surface area contributed by atoms with Crippen LogP contribution in [0, 0.1) is 6.92 Å². The molecule has 134 valence electrons. The first-order valence-electron chi connectivity index (χ1n) is 7.68. The van der Waals surface area contributed by atoms with Crippen LogP contribution in [0.2, 0.25) is 0 Å². The number of hydrogen-bond donors (Lipinski definition) is 1. The molecule has 25 heavy (non-hydrogen) atoms. The van der Waals surface area contributed by atoms with Crippen LogP contribution in [0.15, 0.2) is 42.5 Å². The summed E-state index contributed by atoms with van der Waals surface area (Å²) in [6.45, 7) is 2.11. The van der Waals surface area contributed by atoms with Crippen LogP contribution < -0.4 is 14.4 Å². The Morgan fingerprint density at radius 3 is 2.48 bits per heavy atom. The number of nitrogens with zero attached hydrogens (tertiary/aromatic N) is 1. The smallest absolute Gasteiger partial charge is 0.251 e. The van der Waals surface area contributed by atoms with Gasteiger partial charge < -0.3 is 10.1 Å². The Bertz CT molecular complexity index is 878. The number of methoxy groups -OCH3 is 1. The quantitative estimate of drug-likeness (QED) is 0.856. The van der Waals surface area contributed by atoms with Crippen molar-refractivity contribution in [1.82, 2.24) is 5.32 Å². The molecule has 0 heterocycles. The highest BCUT2D eigenvalue weighted by Crippen LogP contribution is 2.22. The number of carbonyl (C=O) groups excluding carboxylic acids is 1. The summed E-state index contributed by atoms with van der Waals surface area (Å²) >= 11 is 0. The molecule has 2 aromatic carbocycles. The van der Waals surface area contributed by atoms with Gasteiger partial charge in [-0.1, -0.05) is 18.2 Å². The summed E-state index contributed by atoms with van der Waals surface area (Å²) in [4.78, 5) is 12.4. The molecule has 7 heteroatoms. The van der Waals surface area contributed by atoms with E-state index in [1.54, 1.807) is 32.2 Å². The van der Waals surface area contributed by atoms with Gasteiger partial charge in [0.25, 0.3) is 5.91 Å². The number of aryl methyl sites for hydroxylation is 1. The van der Waals surface area contributed by atoms with E-state index in [2.05, 4.69) is 5.32 Å². The molecule has 0 spiro atoms. The van der Waals surface area contributed by atoms with Crippen molar-refractivity contribution in [3.05, 3.63) is 59.2 Å². The SMILES string of the molecule is COc1ccccc1CNC(=O)c1ccc(N(C)S(C)(=O)=O)c(C)c1. The van der Waals surface area contributed by atoms with Crippen LogP contribution in [0.1, 0.15) is 21.5 Å². The fourth-order valence-corrected chi connectivity index (χ4v) is 3.02. The topological polar surface area (TPSA) is 75.7 Å². The van der Waals surface area contributed by atoms with Gasteiger partial charge in [0.2, 0.25) is 10.0 Å². The van der Waals surface area contributed by atoms with E-state index in [0.29, 0.717) is 29.1 Å². The van der Waals surface area contributed by atoms with E-state index in [4.69, 9.17) is 4.74 Å². The molecule has 0 saturated heterocycles. The lowest BCUT2D eigenvalue weighted by Crippen LogP contribution is -2.26. The zero-order valence-electron chi connectivity index (χ0n) is 14.7. The molecule has 0 aliphatic carbocycles. The van der Waals surface area contributed by atoms with E-state index < -0.39 is 10.0 Å². The second-order valence-corrected chi connectivity index (χ2v) is 7.74. The van der Waals surface area contributed by atoms with Crippen molar-refractivity contribution in [2.75, 3.05) is 24.7 Å². The van der Waals surface area contributed by atoms with Crippen LogP contribution in [0.25, 0.3) is 0 Å². The molecule has 1 amide bonds. The fraction of sp³-hybridized carbons (Fsp3) is 0.278. The van der Waals surface area contributed by atoms with Crippen molar-refractivity contribution in [2.45, 2.75) is 13.5 Å². The van der Waals surface area contributed by atoms with Gasteiger partial charge in [0.05, 0.1) is 19.1 Å². The minimum atomic E-state index is -3.35. The number of ether oxygens (including phenoxy) is 1. The Morgan fingerprint density at radius 2 is 1.88 bits per heavy atom. The summed E-state index contributed by atoms with van der Waals surface area (Å²) < 4.78 is 29.8. The standard InChI is InChI=1S/C18H22N2O4S/c1-13-11-14(9-10-16(13)20(2)25(4,22)23)18(21)19-12-15-7-5-6-8-17(15)24-3/h5-11H,12H2,1-4H3,(H,19,21). The Kier molecular flexibility index (Phi) is 5.69. The maximum absolute atomic E-state index is 12.4. The average molecular weight is 362 g/mol. The molecule has 0 aliphatic heterocycles. The normalized spacial score (nSPS) is 11.0. The summed E-state index contributed by atoms with van der Waals surface area (Å²) in [5.41, 5.74) is 2.60. The predicted octanol–water partition coefficient (Wildman–Crippen LogP) is 2.33. The summed E-state index contributed by atoms with van der Waals surface area (Å²) in [5.74, 6) is 0.478. The first kappa shape index (κ1) is 18.8. The number of amides is 1. The lowest BCUT2D eigenvalue weighted by Gasteiger charge is -2.19. The highest BCUT2D eigenvalue weighted by atomic mass is 32.2. The molecule has 0 fully saturated rings.